The van der Waals surface area contributed by atoms with Crippen LogP contribution in [0.25, 0.3) is 0 Å². The van der Waals surface area contributed by atoms with E-state index >= 15 is 0 Å². The molecule has 2 atom stereocenters. The Morgan fingerprint density at radius 3 is 2.36 bits per heavy atom. The molecule has 0 radical (unpaired) electrons. The third kappa shape index (κ3) is 5.65. The highest BCUT2D eigenvalue weighted by molar-refractivity contribution is 7.86. The van der Waals surface area contributed by atoms with E-state index in [4.69, 9.17) is 31.9 Å². The van der Waals surface area contributed by atoms with Crippen LogP contribution in [0.5, 0.6) is 0 Å². The molecule has 1 aromatic rings. The summed E-state index contributed by atoms with van der Waals surface area (Å²) in [6, 6.07) is 6.34. The van der Waals surface area contributed by atoms with Gasteiger partial charge in [0.15, 0.2) is 0 Å². The zero-order valence-electron chi connectivity index (χ0n) is 13.7. The minimum Gasteiger partial charge on any atom is -0.303 e. The molecule has 1 aliphatic heterocycles. The molecular formula is C14H21Cl2N2O5PS. The zero-order chi connectivity index (χ0) is 18.5. The molecular weight excluding hydrogens is 410 g/mol. The first-order chi connectivity index (χ1) is 11.8. The summed E-state index contributed by atoms with van der Waals surface area (Å²) < 4.78 is 49.5. The van der Waals surface area contributed by atoms with Gasteiger partial charge in [-0.3, -0.25) is 8.75 Å². The molecule has 142 valence electrons. The van der Waals surface area contributed by atoms with E-state index in [9.17, 15) is 13.0 Å². The SMILES string of the molecule is Cc1ccc(S(=O)(=O)OC2CNP(=O)(N(CCCl)CCCl)OC2)cc1. The maximum Gasteiger partial charge on any atom is 0.343 e. The number of aryl methyl sites for hydroxylation is 1. The predicted octanol–water partition coefficient (Wildman–Crippen LogP) is 2.58. The largest absolute Gasteiger partial charge is 0.343 e. The first-order valence-corrected chi connectivity index (χ1v) is 11.7. The van der Waals surface area contributed by atoms with Crippen LogP contribution in [0, 0.1) is 6.92 Å². The fourth-order valence-corrected chi connectivity index (χ4v) is 5.95. The lowest BCUT2D eigenvalue weighted by molar-refractivity contribution is 0.106. The van der Waals surface area contributed by atoms with E-state index in [1.54, 1.807) is 12.1 Å². The Morgan fingerprint density at radius 2 is 1.88 bits per heavy atom. The molecule has 0 bridgehead atoms. The van der Waals surface area contributed by atoms with Gasteiger partial charge in [-0.2, -0.15) is 8.42 Å². The van der Waals surface area contributed by atoms with Gasteiger partial charge < -0.3 is 4.52 Å². The number of hydrogen-bond acceptors (Lipinski definition) is 5. The molecule has 1 saturated heterocycles. The van der Waals surface area contributed by atoms with Crippen molar-refractivity contribution in [2.75, 3.05) is 38.0 Å². The van der Waals surface area contributed by atoms with Gasteiger partial charge in [0.1, 0.15) is 6.10 Å². The molecule has 0 spiro atoms. The van der Waals surface area contributed by atoms with Gasteiger partial charge in [-0.15, -0.1) is 23.2 Å². The van der Waals surface area contributed by atoms with Gasteiger partial charge in [-0.25, -0.2) is 9.76 Å². The summed E-state index contributed by atoms with van der Waals surface area (Å²) in [6.45, 7) is 2.50. The maximum atomic E-state index is 12.8. The van der Waals surface area contributed by atoms with E-state index < -0.39 is 23.9 Å². The Balaban J connectivity index is 1.99. The van der Waals surface area contributed by atoms with Crippen molar-refractivity contribution in [2.24, 2.45) is 0 Å². The van der Waals surface area contributed by atoms with Gasteiger partial charge in [0, 0.05) is 31.4 Å². The molecule has 1 aliphatic rings. The van der Waals surface area contributed by atoms with Crippen LogP contribution in [0.4, 0.5) is 0 Å². The number of benzene rings is 1. The normalized spacial score (nSPS) is 24.6. The average Bonchev–Trinajstić information content (AvgIpc) is 2.57. The first kappa shape index (κ1) is 21.1. The topological polar surface area (TPSA) is 84.9 Å². The minimum absolute atomic E-state index is 0.0674. The molecule has 1 heterocycles. The average molecular weight is 431 g/mol. The second-order valence-electron chi connectivity index (χ2n) is 5.50. The number of alkyl halides is 2. The third-order valence-corrected chi connectivity index (χ3v) is 7.52. The molecule has 1 aromatic carbocycles. The monoisotopic (exact) mass is 430 g/mol. The van der Waals surface area contributed by atoms with Gasteiger partial charge >= 0.3 is 7.67 Å². The van der Waals surface area contributed by atoms with Crippen LogP contribution in [-0.2, 0) is 23.4 Å². The number of nitrogens with zero attached hydrogens (tertiary/aromatic N) is 1. The predicted molar refractivity (Wildman–Crippen MR) is 97.8 cm³/mol. The Labute approximate surface area is 158 Å². The Bertz CT molecular complexity index is 698. The van der Waals surface area contributed by atoms with Crippen LogP contribution in [0.1, 0.15) is 5.56 Å². The van der Waals surface area contributed by atoms with Crippen LogP contribution in [0.2, 0.25) is 0 Å². The van der Waals surface area contributed by atoms with E-state index in [1.807, 2.05) is 6.92 Å². The molecule has 0 saturated carbocycles. The van der Waals surface area contributed by atoms with Gasteiger partial charge in [0.05, 0.1) is 11.5 Å². The van der Waals surface area contributed by atoms with Crippen molar-refractivity contribution in [3.05, 3.63) is 29.8 Å². The van der Waals surface area contributed by atoms with Gasteiger partial charge in [-0.05, 0) is 19.1 Å². The quantitative estimate of drug-likeness (QED) is 0.385. The van der Waals surface area contributed by atoms with Crippen molar-refractivity contribution < 1.29 is 21.7 Å². The van der Waals surface area contributed by atoms with Gasteiger partial charge in [0.2, 0.25) is 0 Å². The van der Waals surface area contributed by atoms with E-state index in [1.165, 1.54) is 16.8 Å². The summed E-state index contributed by atoms with van der Waals surface area (Å²) in [4.78, 5) is 0.0674. The highest BCUT2D eigenvalue weighted by Gasteiger charge is 2.38. The van der Waals surface area contributed by atoms with Crippen molar-refractivity contribution in [1.29, 1.82) is 0 Å². The molecule has 0 aliphatic carbocycles. The first-order valence-electron chi connectivity index (χ1n) is 7.68. The molecule has 7 nitrogen and oxygen atoms in total. The second kappa shape index (κ2) is 9.15. The summed E-state index contributed by atoms with van der Waals surface area (Å²) >= 11 is 11.4. The van der Waals surface area contributed by atoms with Crippen LogP contribution in [0.3, 0.4) is 0 Å². The molecule has 25 heavy (non-hydrogen) atoms. The minimum atomic E-state index is -3.92. The van der Waals surface area contributed by atoms with E-state index in [2.05, 4.69) is 5.09 Å². The Morgan fingerprint density at radius 1 is 1.28 bits per heavy atom. The lowest BCUT2D eigenvalue weighted by Gasteiger charge is -2.35. The molecule has 2 rings (SSSR count). The van der Waals surface area contributed by atoms with Gasteiger partial charge in [0.25, 0.3) is 10.1 Å². The number of halogens is 2. The van der Waals surface area contributed by atoms with Gasteiger partial charge in [-0.1, -0.05) is 17.7 Å². The summed E-state index contributed by atoms with van der Waals surface area (Å²) in [6.07, 6.45) is -0.776. The fraction of sp³-hybridized carbons (Fsp3) is 0.571. The van der Waals surface area contributed by atoms with Crippen LogP contribution < -0.4 is 5.09 Å². The molecule has 1 N–H and O–H groups in total. The lowest BCUT2D eigenvalue weighted by atomic mass is 10.2. The highest BCUT2D eigenvalue weighted by atomic mass is 35.5. The standard InChI is InChI=1S/C14H21Cl2N2O5PS/c1-12-2-4-14(5-3-12)25(20,21)23-13-10-17-24(19,22-11-13)18(8-6-15)9-7-16/h2-5,13H,6-11H2,1H3,(H,17,19). The molecule has 11 heteroatoms. The van der Waals surface area contributed by atoms with E-state index in [-0.39, 0.29) is 29.8 Å². The maximum absolute atomic E-state index is 12.8. The Kier molecular flexibility index (Phi) is 7.73. The summed E-state index contributed by atoms with van der Waals surface area (Å²) in [5.41, 5.74) is 0.946. The summed E-state index contributed by atoms with van der Waals surface area (Å²) in [5, 5.41) is 2.75. The number of rotatable bonds is 8. The van der Waals surface area contributed by atoms with E-state index in [0.717, 1.165) is 5.56 Å². The van der Waals surface area contributed by atoms with E-state index in [0.29, 0.717) is 13.1 Å². The molecule has 0 aromatic heterocycles. The third-order valence-electron chi connectivity index (χ3n) is 3.58. The number of nitrogens with one attached hydrogen (secondary N) is 1. The smallest absolute Gasteiger partial charge is 0.303 e. The summed E-state index contributed by atoms with van der Waals surface area (Å²) in [5.74, 6) is 0.543. The van der Waals surface area contributed by atoms with Crippen LogP contribution in [-0.4, -0.2) is 57.2 Å². The fourth-order valence-electron chi connectivity index (χ4n) is 2.26. The molecule has 2 unspecified atom stereocenters. The van der Waals surface area contributed by atoms with Crippen LogP contribution >= 0.6 is 30.9 Å². The highest BCUT2D eigenvalue weighted by Crippen LogP contribution is 2.48. The van der Waals surface area contributed by atoms with Crippen molar-refractivity contribution in [2.45, 2.75) is 17.9 Å². The number of hydrogen-bond donors (Lipinski definition) is 1. The van der Waals surface area contributed by atoms with Crippen molar-refractivity contribution in [3.63, 3.8) is 0 Å². The zero-order valence-corrected chi connectivity index (χ0v) is 17.0. The lowest BCUT2D eigenvalue weighted by Crippen LogP contribution is -2.43. The molecule has 0 amide bonds. The Hall–Kier alpha value is -0.180. The van der Waals surface area contributed by atoms with Crippen LogP contribution in [0.15, 0.2) is 29.2 Å². The van der Waals surface area contributed by atoms with Crippen molar-refractivity contribution in [3.8, 4) is 0 Å². The summed E-state index contributed by atoms with van der Waals surface area (Å²) in [7, 11) is -7.22. The van der Waals surface area contributed by atoms with Crippen molar-refractivity contribution >= 4 is 41.0 Å². The molecule has 1 fully saturated rings. The van der Waals surface area contributed by atoms with Crippen molar-refractivity contribution in [1.82, 2.24) is 9.76 Å². The second-order valence-corrected chi connectivity index (χ2v) is 10.0.